The van der Waals surface area contributed by atoms with Gasteiger partial charge in [-0.15, -0.1) is 0 Å². The highest BCUT2D eigenvalue weighted by Crippen LogP contribution is 2.17. The lowest BCUT2D eigenvalue weighted by atomic mass is 10.1. The number of anilines is 1. The second kappa shape index (κ2) is 8.94. The Labute approximate surface area is 165 Å². The lowest BCUT2D eigenvalue weighted by Crippen LogP contribution is -2.35. The average Bonchev–Trinajstić information content (AvgIpc) is 2.61. The third-order valence-electron chi connectivity index (χ3n) is 3.99. The highest BCUT2D eigenvalue weighted by molar-refractivity contribution is 7.89. The molecule has 1 heterocycles. The minimum absolute atomic E-state index is 0.00473. The number of aromatic nitrogens is 1. The minimum Gasteiger partial charge on any atom is -0.332 e. The van der Waals surface area contributed by atoms with Crippen LogP contribution >= 0.6 is 0 Å². The van der Waals surface area contributed by atoms with E-state index in [4.69, 9.17) is 0 Å². The van der Waals surface area contributed by atoms with Crippen molar-refractivity contribution in [2.24, 2.45) is 0 Å². The van der Waals surface area contributed by atoms with E-state index in [9.17, 15) is 18.0 Å². The van der Waals surface area contributed by atoms with E-state index >= 15 is 0 Å². The van der Waals surface area contributed by atoms with Crippen molar-refractivity contribution < 1.29 is 18.0 Å². The monoisotopic (exact) mass is 404 g/mol. The van der Waals surface area contributed by atoms with Crippen LogP contribution in [0, 0.1) is 13.8 Å². The van der Waals surface area contributed by atoms with Gasteiger partial charge in [0.15, 0.2) is 0 Å². The number of benzene rings is 1. The number of pyridine rings is 1. The van der Waals surface area contributed by atoms with Gasteiger partial charge in [-0.05, 0) is 49.2 Å². The van der Waals surface area contributed by atoms with E-state index in [1.54, 1.807) is 32.2 Å². The zero-order valence-electron chi connectivity index (χ0n) is 16.3. The summed E-state index contributed by atoms with van der Waals surface area (Å²) < 4.78 is 26.8. The number of hydrogen-bond acceptors (Lipinski definition) is 5. The molecule has 1 aromatic heterocycles. The number of sulfonamides is 1. The minimum atomic E-state index is -3.68. The van der Waals surface area contributed by atoms with Gasteiger partial charge in [-0.1, -0.05) is 13.0 Å². The maximum atomic E-state index is 12.8. The molecule has 0 atom stereocenters. The molecule has 0 radical (unpaired) electrons. The normalized spacial score (nSPS) is 11.1. The highest BCUT2D eigenvalue weighted by atomic mass is 32.2. The largest absolute Gasteiger partial charge is 0.332 e. The van der Waals surface area contributed by atoms with Crippen molar-refractivity contribution in [3.05, 3.63) is 53.2 Å². The van der Waals surface area contributed by atoms with Crippen LogP contribution in [0.4, 0.5) is 5.82 Å². The van der Waals surface area contributed by atoms with Crippen LogP contribution < -0.4 is 10.0 Å². The van der Waals surface area contributed by atoms with Crippen molar-refractivity contribution in [1.29, 1.82) is 0 Å². The standard InChI is InChI=1S/C19H24N4O4S/c1-5-21-28(26,27)15-7-6-14(3)16(11-15)19(25)23(4)12-18(24)22-17-10-13(2)8-9-20-17/h6-11,21H,5,12H2,1-4H3,(H,20,22,24). The molecule has 2 N–H and O–H groups in total. The molecule has 1 aromatic carbocycles. The molecule has 150 valence electrons. The molecule has 9 heteroatoms. The third-order valence-corrected chi connectivity index (χ3v) is 5.54. The Hall–Kier alpha value is -2.78. The zero-order valence-corrected chi connectivity index (χ0v) is 17.1. The van der Waals surface area contributed by atoms with Crippen molar-refractivity contribution >= 4 is 27.7 Å². The molecule has 2 rings (SSSR count). The van der Waals surface area contributed by atoms with Crippen molar-refractivity contribution in [1.82, 2.24) is 14.6 Å². The lowest BCUT2D eigenvalue weighted by molar-refractivity contribution is -0.116. The summed E-state index contributed by atoms with van der Waals surface area (Å²) in [6.07, 6.45) is 1.58. The van der Waals surface area contributed by atoms with Gasteiger partial charge in [0.25, 0.3) is 5.91 Å². The van der Waals surface area contributed by atoms with Crippen molar-refractivity contribution in [3.8, 4) is 0 Å². The first kappa shape index (κ1) is 21.5. The number of nitrogens with one attached hydrogen (secondary N) is 2. The van der Waals surface area contributed by atoms with E-state index in [1.165, 1.54) is 24.1 Å². The average molecular weight is 404 g/mol. The SMILES string of the molecule is CCNS(=O)(=O)c1ccc(C)c(C(=O)N(C)CC(=O)Nc2cc(C)ccn2)c1. The summed E-state index contributed by atoms with van der Waals surface area (Å²) in [6.45, 7) is 5.31. The Kier molecular flexibility index (Phi) is 6.87. The van der Waals surface area contributed by atoms with Gasteiger partial charge in [-0.3, -0.25) is 9.59 Å². The van der Waals surface area contributed by atoms with Crippen LogP contribution in [-0.4, -0.2) is 50.3 Å². The Balaban J connectivity index is 2.15. The molecule has 0 saturated carbocycles. The second-order valence-electron chi connectivity index (χ2n) is 6.41. The molecule has 8 nitrogen and oxygen atoms in total. The quantitative estimate of drug-likeness (QED) is 0.730. The van der Waals surface area contributed by atoms with Crippen LogP contribution in [0.2, 0.25) is 0 Å². The highest BCUT2D eigenvalue weighted by Gasteiger charge is 2.21. The Morgan fingerprint density at radius 2 is 1.86 bits per heavy atom. The number of hydrogen-bond donors (Lipinski definition) is 2. The molecule has 0 aliphatic rings. The second-order valence-corrected chi connectivity index (χ2v) is 8.17. The number of rotatable bonds is 7. The predicted molar refractivity (Wildman–Crippen MR) is 107 cm³/mol. The van der Waals surface area contributed by atoms with Crippen molar-refractivity contribution in [2.45, 2.75) is 25.7 Å². The fourth-order valence-corrected chi connectivity index (χ4v) is 3.62. The molecule has 0 aliphatic heterocycles. The van der Waals surface area contributed by atoms with Gasteiger partial charge in [0.1, 0.15) is 5.82 Å². The van der Waals surface area contributed by atoms with Crippen LogP contribution in [0.3, 0.4) is 0 Å². The molecule has 0 aliphatic carbocycles. The molecule has 28 heavy (non-hydrogen) atoms. The number of carbonyl (C=O) groups is 2. The maximum Gasteiger partial charge on any atom is 0.254 e. The van der Waals surface area contributed by atoms with Crippen LogP contribution in [-0.2, 0) is 14.8 Å². The number of likely N-dealkylation sites (N-methyl/N-ethyl adjacent to an activating group) is 1. The summed E-state index contributed by atoms with van der Waals surface area (Å²) in [4.78, 5) is 30.3. The molecule has 0 bridgehead atoms. The number of nitrogens with zero attached hydrogens (tertiary/aromatic N) is 2. The van der Waals surface area contributed by atoms with E-state index in [-0.39, 0.29) is 23.5 Å². The summed E-state index contributed by atoms with van der Waals surface area (Å²) >= 11 is 0. The Bertz CT molecular complexity index is 989. The van der Waals surface area contributed by atoms with Crippen molar-refractivity contribution in [2.75, 3.05) is 25.5 Å². The number of amides is 2. The van der Waals surface area contributed by atoms with Crippen molar-refractivity contribution in [3.63, 3.8) is 0 Å². The van der Waals surface area contributed by atoms with Gasteiger partial charge in [0.2, 0.25) is 15.9 Å². The fourth-order valence-electron chi connectivity index (χ4n) is 2.55. The predicted octanol–water partition coefficient (Wildman–Crippen LogP) is 1.71. The zero-order chi connectivity index (χ0) is 20.9. The summed E-state index contributed by atoms with van der Waals surface area (Å²) in [5, 5.41) is 2.64. The fraction of sp³-hybridized carbons (Fsp3) is 0.316. The molecular formula is C19H24N4O4S. The molecule has 0 spiro atoms. The molecule has 2 amide bonds. The first-order chi connectivity index (χ1) is 13.1. The van der Waals surface area contributed by atoms with E-state index in [0.717, 1.165) is 5.56 Å². The molecular weight excluding hydrogens is 380 g/mol. The first-order valence-electron chi connectivity index (χ1n) is 8.72. The lowest BCUT2D eigenvalue weighted by Gasteiger charge is -2.18. The summed E-state index contributed by atoms with van der Waals surface area (Å²) in [5.74, 6) is -0.442. The smallest absolute Gasteiger partial charge is 0.254 e. The maximum absolute atomic E-state index is 12.8. The first-order valence-corrected chi connectivity index (χ1v) is 10.2. The van der Waals surface area contributed by atoms with Gasteiger partial charge < -0.3 is 10.2 Å². The van der Waals surface area contributed by atoms with Crippen LogP contribution in [0.15, 0.2) is 41.4 Å². The van der Waals surface area contributed by atoms with E-state index < -0.39 is 21.8 Å². The van der Waals surface area contributed by atoms with Crippen LogP contribution in [0.1, 0.15) is 28.4 Å². The summed E-state index contributed by atoms with van der Waals surface area (Å²) in [6, 6.07) is 7.87. The molecule has 0 saturated heterocycles. The van der Waals surface area contributed by atoms with E-state index in [2.05, 4.69) is 15.0 Å². The van der Waals surface area contributed by atoms with Crippen LogP contribution in [0.25, 0.3) is 0 Å². The van der Waals surface area contributed by atoms with Gasteiger partial charge >= 0.3 is 0 Å². The Morgan fingerprint density at radius 1 is 1.14 bits per heavy atom. The third kappa shape index (κ3) is 5.37. The molecule has 2 aromatic rings. The van der Waals surface area contributed by atoms with Crippen LogP contribution in [0.5, 0.6) is 0 Å². The van der Waals surface area contributed by atoms with E-state index in [1.807, 2.05) is 13.0 Å². The van der Waals surface area contributed by atoms with Gasteiger partial charge in [-0.2, -0.15) is 0 Å². The van der Waals surface area contributed by atoms with Gasteiger partial charge in [-0.25, -0.2) is 18.1 Å². The van der Waals surface area contributed by atoms with Gasteiger partial charge in [0.05, 0.1) is 11.4 Å². The van der Waals surface area contributed by atoms with E-state index in [0.29, 0.717) is 11.4 Å². The topological polar surface area (TPSA) is 108 Å². The summed E-state index contributed by atoms with van der Waals surface area (Å²) in [7, 11) is -2.20. The Morgan fingerprint density at radius 3 is 2.50 bits per heavy atom. The summed E-state index contributed by atoms with van der Waals surface area (Å²) in [5.41, 5.74) is 1.79. The number of aryl methyl sites for hydroxylation is 2. The number of carbonyl (C=O) groups excluding carboxylic acids is 2. The molecule has 0 fully saturated rings. The molecule has 0 unspecified atom stereocenters. The van der Waals surface area contributed by atoms with Gasteiger partial charge in [0, 0.05) is 25.4 Å².